The van der Waals surface area contributed by atoms with Crippen molar-refractivity contribution in [3.63, 3.8) is 0 Å². The van der Waals surface area contributed by atoms with Gasteiger partial charge < -0.3 is 0 Å². The molecule has 1 aliphatic heterocycles. The van der Waals surface area contributed by atoms with Crippen LogP contribution in [0, 0.1) is 6.92 Å². The van der Waals surface area contributed by atoms with Gasteiger partial charge >= 0.3 is 0 Å². The Labute approximate surface area is 130 Å². The van der Waals surface area contributed by atoms with Crippen LogP contribution in [0.2, 0.25) is 0 Å². The Morgan fingerprint density at radius 1 is 1.19 bits per heavy atom. The highest BCUT2D eigenvalue weighted by Gasteiger charge is 2.43. The predicted octanol–water partition coefficient (Wildman–Crippen LogP) is 2.54. The molecule has 2 aliphatic rings. The second-order valence-corrected chi connectivity index (χ2v) is 8.68. The number of nitrogens with one attached hydrogen (secondary N) is 1. The topological polar surface area (TPSA) is 62.3 Å². The lowest BCUT2D eigenvalue weighted by Gasteiger charge is -2.33. The van der Waals surface area contributed by atoms with Crippen LogP contribution in [-0.4, -0.2) is 30.8 Å². The molecular formula is C14H23N3O2S2. The molecule has 3 rings (SSSR count). The molecule has 0 spiro atoms. The van der Waals surface area contributed by atoms with Gasteiger partial charge in [-0.1, -0.05) is 19.3 Å². The van der Waals surface area contributed by atoms with Gasteiger partial charge in [-0.15, -0.1) is 11.3 Å². The van der Waals surface area contributed by atoms with E-state index in [1.807, 2.05) is 12.3 Å². The number of aromatic nitrogens is 1. The van der Waals surface area contributed by atoms with Crippen molar-refractivity contribution in [1.29, 1.82) is 0 Å². The summed E-state index contributed by atoms with van der Waals surface area (Å²) in [4.78, 5) is 4.57. The molecule has 0 bridgehead atoms. The van der Waals surface area contributed by atoms with E-state index in [4.69, 9.17) is 0 Å². The number of rotatable bonds is 4. The van der Waals surface area contributed by atoms with Gasteiger partial charge in [0.25, 0.3) is 10.2 Å². The summed E-state index contributed by atoms with van der Waals surface area (Å²) < 4.78 is 30.1. The molecule has 1 saturated carbocycles. The highest BCUT2D eigenvalue weighted by atomic mass is 32.2. The minimum absolute atomic E-state index is 0.477. The van der Waals surface area contributed by atoms with Crippen molar-refractivity contribution in [2.75, 3.05) is 13.1 Å². The smallest absolute Gasteiger partial charge is 0.245 e. The Balaban J connectivity index is 1.85. The Morgan fingerprint density at radius 2 is 1.86 bits per heavy atom. The van der Waals surface area contributed by atoms with Crippen molar-refractivity contribution in [2.24, 2.45) is 0 Å². The normalized spacial score (nSPS) is 23.5. The van der Waals surface area contributed by atoms with E-state index in [9.17, 15) is 8.42 Å². The van der Waals surface area contributed by atoms with Crippen molar-refractivity contribution in [2.45, 2.75) is 57.4 Å². The van der Waals surface area contributed by atoms with Gasteiger partial charge in [-0.05, 0) is 32.6 Å². The third-order valence-corrected chi connectivity index (χ3v) is 7.32. The van der Waals surface area contributed by atoms with E-state index in [1.54, 1.807) is 15.6 Å². The molecule has 7 heteroatoms. The molecule has 0 aromatic carbocycles. The SMILES string of the molecule is Cc1csc(C2(NS(=O)(=O)N3CCCCC3)CCCC2)n1. The van der Waals surface area contributed by atoms with Gasteiger partial charge in [-0.2, -0.15) is 17.4 Å². The second-order valence-electron chi connectivity index (χ2n) is 6.15. The lowest BCUT2D eigenvalue weighted by molar-refractivity contribution is 0.320. The molecule has 1 N–H and O–H groups in total. The molecule has 1 aromatic heterocycles. The van der Waals surface area contributed by atoms with E-state index < -0.39 is 15.7 Å². The molecule has 5 nitrogen and oxygen atoms in total. The van der Waals surface area contributed by atoms with Crippen molar-refractivity contribution in [3.05, 3.63) is 16.1 Å². The van der Waals surface area contributed by atoms with Crippen LogP contribution < -0.4 is 4.72 Å². The molecule has 1 saturated heterocycles. The maximum Gasteiger partial charge on any atom is 0.280 e. The second kappa shape index (κ2) is 5.95. The molecule has 21 heavy (non-hydrogen) atoms. The van der Waals surface area contributed by atoms with Gasteiger partial charge in [0.2, 0.25) is 0 Å². The summed E-state index contributed by atoms with van der Waals surface area (Å²) in [7, 11) is -3.41. The van der Waals surface area contributed by atoms with Gasteiger partial charge in [0.1, 0.15) is 5.01 Å². The number of nitrogens with zero attached hydrogens (tertiary/aromatic N) is 2. The summed E-state index contributed by atoms with van der Waals surface area (Å²) in [6, 6.07) is 0. The lowest BCUT2D eigenvalue weighted by Crippen LogP contribution is -2.51. The van der Waals surface area contributed by atoms with Crippen molar-refractivity contribution < 1.29 is 8.42 Å². The minimum Gasteiger partial charge on any atom is -0.245 e. The van der Waals surface area contributed by atoms with Crippen LogP contribution in [0.5, 0.6) is 0 Å². The molecule has 1 aromatic rings. The molecule has 1 aliphatic carbocycles. The lowest BCUT2D eigenvalue weighted by atomic mass is 10.0. The summed E-state index contributed by atoms with van der Waals surface area (Å²) in [6.45, 7) is 3.24. The van der Waals surface area contributed by atoms with Crippen LogP contribution in [0.15, 0.2) is 5.38 Å². The fraction of sp³-hybridized carbons (Fsp3) is 0.786. The average Bonchev–Trinajstić information content (AvgIpc) is 3.09. The van der Waals surface area contributed by atoms with Crippen molar-refractivity contribution in [1.82, 2.24) is 14.0 Å². The molecule has 2 heterocycles. The first kappa shape index (κ1) is 15.4. The summed E-state index contributed by atoms with van der Waals surface area (Å²) in [5.41, 5.74) is 0.494. The molecule has 0 amide bonds. The van der Waals surface area contributed by atoms with E-state index in [-0.39, 0.29) is 0 Å². The first-order valence-corrected chi connectivity index (χ1v) is 10.1. The van der Waals surface area contributed by atoms with E-state index in [2.05, 4.69) is 9.71 Å². The zero-order chi connectivity index (χ0) is 14.9. The Kier molecular flexibility index (Phi) is 4.36. The Bertz CT molecular complexity index is 585. The summed E-state index contributed by atoms with van der Waals surface area (Å²) in [5.74, 6) is 0. The van der Waals surface area contributed by atoms with Crippen LogP contribution in [0.4, 0.5) is 0 Å². The zero-order valence-electron chi connectivity index (χ0n) is 12.5. The molecule has 2 fully saturated rings. The zero-order valence-corrected chi connectivity index (χ0v) is 14.1. The van der Waals surface area contributed by atoms with Crippen molar-refractivity contribution in [3.8, 4) is 0 Å². The highest BCUT2D eigenvalue weighted by molar-refractivity contribution is 7.87. The van der Waals surface area contributed by atoms with Gasteiger partial charge in [0.05, 0.1) is 5.54 Å². The van der Waals surface area contributed by atoms with Crippen LogP contribution in [0.3, 0.4) is 0 Å². The van der Waals surface area contributed by atoms with Gasteiger partial charge in [0, 0.05) is 24.2 Å². The van der Waals surface area contributed by atoms with Gasteiger partial charge in [-0.3, -0.25) is 0 Å². The quantitative estimate of drug-likeness (QED) is 0.923. The van der Waals surface area contributed by atoms with Gasteiger partial charge in [0.15, 0.2) is 0 Å². The minimum atomic E-state index is -3.41. The third kappa shape index (κ3) is 3.16. The number of hydrogen-bond acceptors (Lipinski definition) is 4. The molecule has 0 radical (unpaired) electrons. The number of thiazole rings is 1. The van der Waals surface area contributed by atoms with Crippen molar-refractivity contribution >= 4 is 21.5 Å². The van der Waals surface area contributed by atoms with Crippen LogP contribution in [0.25, 0.3) is 0 Å². The number of aryl methyl sites for hydroxylation is 1. The number of hydrogen-bond donors (Lipinski definition) is 1. The standard InChI is InChI=1S/C14H23N3O2S2/c1-12-11-20-13(15-12)14(7-3-4-8-14)16-21(18,19)17-9-5-2-6-10-17/h11,16H,2-10H2,1H3. The van der Waals surface area contributed by atoms with Crippen LogP contribution >= 0.6 is 11.3 Å². The summed E-state index contributed by atoms with van der Waals surface area (Å²) in [5, 5.41) is 2.93. The first-order chi connectivity index (χ1) is 10.0. The fourth-order valence-electron chi connectivity index (χ4n) is 3.33. The Hall–Kier alpha value is -0.500. The third-order valence-electron chi connectivity index (χ3n) is 4.46. The van der Waals surface area contributed by atoms with Crippen LogP contribution in [0.1, 0.15) is 55.6 Å². The number of piperidine rings is 1. The molecule has 118 valence electrons. The summed E-state index contributed by atoms with van der Waals surface area (Å²) in [6.07, 6.45) is 6.87. The van der Waals surface area contributed by atoms with E-state index in [1.165, 1.54) is 0 Å². The molecule has 0 unspecified atom stereocenters. The monoisotopic (exact) mass is 329 g/mol. The largest absolute Gasteiger partial charge is 0.280 e. The highest BCUT2D eigenvalue weighted by Crippen LogP contribution is 2.41. The van der Waals surface area contributed by atoms with E-state index >= 15 is 0 Å². The maximum absolute atomic E-state index is 12.7. The average molecular weight is 329 g/mol. The van der Waals surface area contributed by atoms with E-state index in [0.717, 1.165) is 55.6 Å². The summed E-state index contributed by atoms with van der Waals surface area (Å²) >= 11 is 1.58. The van der Waals surface area contributed by atoms with Gasteiger partial charge in [-0.25, -0.2) is 4.98 Å². The van der Waals surface area contributed by atoms with Crippen LogP contribution in [-0.2, 0) is 15.7 Å². The molecule has 0 atom stereocenters. The fourth-order valence-corrected chi connectivity index (χ4v) is 6.07. The predicted molar refractivity (Wildman–Crippen MR) is 84.5 cm³/mol. The Morgan fingerprint density at radius 3 is 2.43 bits per heavy atom. The first-order valence-electron chi connectivity index (χ1n) is 7.74. The maximum atomic E-state index is 12.7. The molecular weight excluding hydrogens is 306 g/mol. The van der Waals surface area contributed by atoms with E-state index in [0.29, 0.717) is 13.1 Å².